The van der Waals surface area contributed by atoms with Crippen LogP contribution in [0.2, 0.25) is 0 Å². The normalized spacial score (nSPS) is 15.6. The highest BCUT2D eigenvalue weighted by molar-refractivity contribution is 6.34. The van der Waals surface area contributed by atoms with Gasteiger partial charge in [-0.3, -0.25) is 9.59 Å². The zero-order valence-electron chi connectivity index (χ0n) is 11.0. The number of unbranched alkanes of at least 4 members (excludes halogenated alkanes) is 2. The molecule has 0 radical (unpaired) electrons. The standard InChI is InChI=1S/C12H23N3O3/c1-14(7-3-2-4-10-16)11(17)12(18)15-8-5-13-6-9-15/h13,16H,2-10H2,1H3. The fourth-order valence-electron chi connectivity index (χ4n) is 1.91. The van der Waals surface area contributed by atoms with Gasteiger partial charge in [0.05, 0.1) is 0 Å². The third kappa shape index (κ3) is 4.62. The lowest BCUT2D eigenvalue weighted by Crippen LogP contribution is -2.51. The Bertz CT molecular complexity index is 278. The molecule has 0 bridgehead atoms. The number of amides is 2. The predicted molar refractivity (Wildman–Crippen MR) is 68.0 cm³/mol. The Balaban J connectivity index is 2.30. The van der Waals surface area contributed by atoms with Gasteiger partial charge in [-0.15, -0.1) is 0 Å². The van der Waals surface area contributed by atoms with Crippen molar-refractivity contribution >= 4 is 11.8 Å². The summed E-state index contributed by atoms with van der Waals surface area (Å²) in [4.78, 5) is 26.8. The van der Waals surface area contributed by atoms with Crippen LogP contribution in [-0.2, 0) is 9.59 Å². The van der Waals surface area contributed by atoms with E-state index in [2.05, 4.69) is 5.32 Å². The van der Waals surface area contributed by atoms with E-state index in [1.165, 1.54) is 4.90 Å². The van der Waals surface area contributed by atoms with Crippen molar-refractivity contribution in [2.45, 2.75) is 19.3 Å². The minimum Gasteiger partial charge on any atom is -0.396 e. The number of nitrogens with one attached hydrogen (secondary N) is 1. The van der Waals surface area contributed by atoms with Crippen LogP contribution in [0.15, 0.2) is 0 Å². The molecule has 6 heteroatoms. The minimum atomic E-state index is -0.430. The highest BCUT2D eigenvalue weighted by Gasteiger charge is 2.25. The quantitative estimate of drug-likeness (QED) is 0.491. The van der Waals surface area contributed by atoms with Crippen molar-refractivity contribution in [2.75, 3.05) is 46.4 Å². The number of aliphatic hydroxyl groups excluding tert-OH is 1. The van der Waals surface area contributed by atoms with Gasteiger partial charge in [0.25, 0.3) is 0 Å². The lowest BCUT2D eigenvalue weighted by molar-refractivity contribution is -0.151. The van der Waals surface area contributed by atoms with E-state index in [4.69, 9.17) is 5.11 Å². The highest BCUT2D eigenvalue weighted by Crippen LogP contribution is 2.00. The molecule has 0 unspecified atom stereocenters. The minimum absolute atomic E-state index is 0.178. The summed E-state index contributed by atoms with van der Waals surface area (Å²) in [6.45, 7) is 3.44. The molecule has 1 saturated heterocycles. The van der Waals surface area contributed by atoms with Crippen LogP contribution in [0.1, 0.15) is 19.3 Å². The monoisotopic (exact) mass is 257 g/mol. The molecule has 104 valence electrons. The molecule has 2 N–H and O–H groups in total. The van der Waals surface area contributed by atoms with Crippen LogP contribution >= 0.6 is 0 Å². The summed E-state index contributed by atoms with van der Waals surface area (Å²) in [6, 6.07) is 0. The molecule has 1 aliphatic heterocycles. The van der Waals surface area contributed by atoms with Crippen LogP contribution in [0.4, 0.5) is 0 Å². The molecule has 0 atom stereocenters. The van der Waals surface area contributed by atoms with Crippen LogP contribution in [0.3, 0.4) is 0 Å². The fourth-order valence-corrected chi connectivity index (χ4v) is 1.91. The number of rotatable bonds is 5. The van der Waals surface area contributed by atoms with Gasteiger partial charge in [0.2, 0.25) is 0 Å². The number of nitrogens with zero attached hydrogens (tertiary/aromatic N) is 2. The summed E-state index contributed by atoms with van der Waals surface area (Å²) in [7, 11) is 1.65. The van der Waals surface area contributed by atoms with Crippen molar-refractivity contribution in [2.24, 2.45) is 0 Å². The lowest BCUT2D eigenvalue weighted by atomic mass is 10.2. The van der Waals surface area contributed by atoms with E-state index < -0.39 is 11.8 Å². The topological polar surface area (TPSA) is 72.9 Å². The number of aliphatic hydroxyl groups is 1. The van der Waals surface area contributed by atoms with Gasteiger partial charge in [-0.05, 0) is 19.3 Å². The van der Waals surface area contributed by atoms with E-state index in [9.17, 15) is 9.59 Å². The van der Waals surface area contributed by atoms with Crippen LogP contribution in [0.5, 0.6) is 0 Å². The SMILES string of the molecule is CN(CCCCCO)C(=O)C(=O)N1CCNCC1. The lowest BCUT2D eigenvalue weighted by Gasteiger charge is -2.28. The van der Waals surface area contributed by atoms with Gasteiger partial charge < -0.3 is 20.2 Å². The second-order valence-corrected chi connectivity index (χ2v) is 4.55. The molecule has 0 aliphatic carbocycles. The van der Waals surface area contributed by atoms with E-state index in [-0.39, 0.29) is 6.61 Å². The first kappa shape index (κ1) is 14.9. The number of hydrogen-bond donors (Lipinski definition) is 2. The molecule has 0 aromatic heterocycles. The van der Waals surface area contributed by atoms with Crippen molar-refractivity contribution < 1.29 is 14.7 Å². The summed E-state index contributed by atoms with van der Waals surface area (Å²) < 4.78 is 0. The third-order valence-electron chi connectivity index (χ3n) is 3.09. The first-order valence-corrected chi connectivity index (χ1v) is 6.52. The van der Waals surface area contributed by atoms with E-state index in [0.29, 0.717) is 19.6 Å². The molecule has 6 nitrogen and oxygen atoms in total. The molecular weight excluding hydrogens is 234 g/mol. The second-order valence-electron chi connectivity index (χ2n) is 4.55. The van der Waals surface area contributed by atoms with Gasteiger partial charge in [-0.2, -0.15) is 0 Å². The maximum atomic E-state index is 11.9. The summed E-state index contributed by atoms with van der Waals surface area (Å²) in [6.07, 6.45) is 2.43. The maximum Gasteiger partial charge on any atom is 0.312 e. The molecule has 0 aromatic rings. The van der Waals surface area contributed by atoms with Crippen LogP contribution in [0, 0.1) is 0 Å². The Morgan fingerprint density at radius 3 is 2.50 bits per heavy atom. The Hall–Kier alpha value is -1.14. The molecule has 2 amide bonds. The zero-order valence-corrected chi connectivity index (χ0v) is 11.0. The molecular formula is C12H23N3O3. The Morgan fingerprint density at radius 1 is 1.22 bits per heavy atom. The molecule has 1 aliphatic rings. The van der Waals surface area contributed by atoms with Gasteiger partial charge >= 0.3 is 11.8 Å². The Labute approximate surface area is 108 Å². The van der Waals surface area contributed by atoms with Crippen molar-refractivity contribution in [1.29, 1.82) is 0 Å². The predicted octanol–water partition coefficient (Wildman–Crippen LogP) is -0.961. The molecule has 0 aromatic carbocycles. The van der Waals surface area contributed by atoms with Crippen LogP contribution in [0.25, 0.3) is 0 Å². The fraction of sp³-hybridized carbons (Fsp3) is 0.833. The van der Waals surface area contributed by atoms with Gasteiger partial charge in [0.1, 0.15) is 0 Å². The van der Waals surface area contributed by atoms with E-state index in [0.717, 1.165) is 32.4 Å². The molecule has 1 fully saturated rings. The van der Waals surface area contributed by atoms with E-state index in [1.54, 1.807) is 11.9 Å². The first-order chi connectivity index (χ1) is 8.66. The van der Waals surface area contributed by atoms with Crippen LogP contribution in [-0.4, -0.2) is 73.1 Å². The summed E-state index contributed by atoms with van der Waals surface area (Å²) in [5.74, 6) is -0.831. The van der Waals surface area contributed by atoms with Gasteiger partial charge in [-0.1, -0.05) is 0 Å². The molecule has 1 heterocycles. The molecule has 0 spiro atoms. The average Bonchev–Trinajstić information content (AvgIpc) is 2.42. The highest BCUT2D eigenvalue weighted by atomic mass is 16.3. The summed E-state index contributed by atoms with van der Waals surface area (Å²) in [5, 5.41) is 11.8. The van der Waals surface area contributed by atoms with Gasteiger partial charge in [-0.25, -0.2) is 0 Å². The van der Waals surface area contributed by atoms with E-state index in [1.807, 2.05) is 0 Å². The molecule has 0 saturated carbocycles. The number of piperazine rings is 1. The van der Waals surface area contributed by atoms with Gasteiger partial charge in [0.15, 0.2) is 0 Å². The largest absolute Gasteiger partial charge is 0.396 e. The average molecular weight is 257 g/mol. The number of carbonyl (C=O) groups is 2. The van der Waals surface area contributed by atoms with E-state index >= 15 is 0 Å². The number of likely N-dealkylation sites (N-methyl/N-ethyl adjacent to an activating group) is 1. The Morgan fingerprint density at radius 2 is 1.89 bits per heavy atom. The smallest absolute Gasteiger partial charge is 0.312 e. The Kier molecular flexibility index (Phi) is 6.67. The van der Waals surface area contributed by atoms with Crippen LogP contribution < -0.4 is 5.32 Å². The summed E-state index contributed by atoms with van der Waals surface area (Å²) in [5.41, 5.74) is 0. The first-order valence-electron chi connectivity index (χ1n) is 6.52. The molecule has 18 heavy (non-hydrogen) atoms. The number of carbonyl (C=O) groups excluding carboxylic acids is 2. The van der Waals surface area contributed by atoms with Gasteiger partial charge in [0, 0.05) is 46.4 Å². The second kappa shape index (κ2) is 8.05. The maximum absolute atomic E-state index is 11.9. The van der Waals surface area contributed by atoms with Crippen molar-refractivity contribution in [3.05, 3.63) is 0 Å². The third-order valence-corrected chi connectivity index (χ3v) is 3.09. The van der Waals surface area contributed by atoms with Crippen molar-refractivity contribution in [3.8, 4) is 0 Å². The number of hydrogen-bond acceptors (Lipinski definition) is 4. The van der Waals surface area contributed by atoms with Crippen molar-refractivity contribution in [1.82, 2.24) is 15.1 Å². The van der Waals surface area contributed by atoms with Crippen molar-refractivity contribution in [3.63, 3.8) is 0 Å². The summed E-state index contributed by atoms with van der Waals surface area (Å²) >= 11 is 0. The zero-order chi connectivity index (χ0) is 13.4. The molecule has 1 rings (SSSR count).